The molecule has 0 unspecified atom stereocenters. The van der Waals surface area contributed by atoms with E-state index in [9.17, 15) is 14.9 Å². The van der Waals surface area contributed by atoms with E-state index >= 15 is 0 Å². The zero-order valence-corrected chi connectivity index (χ0v) is 14.0. The maximum absolute atomic E-state index is 12.6. The lowest BCUT2D eigenvalue weighted by atomic mass is 10.1. The first-order chi connectivity index (χ1) is 11.4. The summed E-state index contributed by atoms with van der Waals surface area (Å²) in [6.07, 6.45) is 1.38. The number of nitro groups is 1. The van der Waals surface area contributed by atoms with Crippen LogP contribution in [0.4, 0.5) is 5.69 Å². The van der Waals surface area contributed by atoms with E-state index in [0.29, 0.717) is 32.1 Å². The Balaban J connectivity index is 2.12. The molecule has 24 heavy (non-hydrogen) atoms. The van der Waals surface area contributed by atoms with Crippen LogP contribution in [-0.4, -0.2) is 14.5 Å². The Morgan fingerprint density at radius 1 is 1.29 bits per heavy atom. The van der Waals surface area contributed by atoms with Crippen molar-refractivity contribution < 1.29 is 4.92 Å². The third-order valence-corrected chi connectivity index (χ3v) is 4.31. The number of hydrogen-bond donors (Lipinski definition) is 0. The number of rotatable bonds is 3. The van der Waals surface area contributed by atoms with Gasteiger partial charge >= 0.3 is 0 Å². The Bertz CT molecular complexity index is 1030. The zero-order valence-electron chi connectivity index (χ0n) is 12.5. The number of fused-ring (bicyclic) bond motifs is 1. The van der Waals surface area contributed by atoms with Gasteiger partial charge in [-0.05, 0) is 24.6 Å². The fourth-order valence-electron chi connectivity index (χ4n) is 2.53. The number of halogens is 2. The topological polar surface area (TPSA) is 78.0 Å². The number of hydrogen-bond acceptors (Lipinski definition) is 4. The number of benzene rings is 2. The van der Waals surface area contributed by atoms with E-state index in [0.717, 1.165) is 0 Å². The predicted molar refractivity (Wildman–Crippen MR) is 93.0 cm³/mol. The predicted octanol–water partition coefficient (Wildman–Crippen LogP) is 3.97. The molecule has 0 spiro atoms. The summed E-state index contributed by atoms with van der Waals surface area (Å²) in [5, 5.41) is 12.0. The van der Waals surface area contributed by atoms with Gasteiger partial charge in [0.05, 0.1) is 33.7 Å². The van der Waals surface area contributed by atoms with Gasteiger partial charge < -0.3 is 0 Å². The summed E-state index contributed by atoms with van der Waals surface area (Å²) >= 11 is 12.0. The molecule has 0 aliphatic rings. The summed E-state index contributed by atoms with van der Waals surface area (Å²) in [5.74, 6) is 0. The summed E-state index contributed by atoms with van der Waals surface area (Å²) in [7, 11) is 0. The quantitative estimate of drug-likeness (QED) is 0.520. The van der Waals surface area contributed by atoms with Crippen molar-refractivity contribution in [3.8, 4) is 0 Å². The Hall–Kier alpha value is -2.44. The molecule has 0 saturated carbocycles. The fraction of sp³-hybridized carbons (Fsp3) is 0.125. The minimum absolute atomic E-state index is 0.0142. The van der Waals surface area contributed by atoms with E-state index in [1.165, 1.54) is 29.1 Å². The van der Waals surface area contributed by atoms with Crippen LogP contribution in [0, 0.1) is 17.0 Å². The van der Waals surface area contributed by atoms with Crippen LogP contribution >= 0.6 is 23.2 Å². The molecule has 0 atom stereocenters. The molecule has 0 saturated heterocycles. The summed E-state index contributed by atoms with van der Waals surface area (Å²) < 4.78 is 1.38. The lowest BCUT2D eigenvalue weighted by Crippen LogP contribution is -2.21. The second-order valence-electron chi connectivity index (χ2n) is 5.28. The van der Waals surface area contributed by atoms with Crippen LogP contribution in [0.15, 0.2) is 41.5 Å². The molecule has 0 N–H and O–H groups in total. The maximum atomic E-state index is 12.6. The monoisotopic (exact) mass is 363 g/mol. The SMILES string of the molecule is Cc1c(Cn2cnc3c(Cl)cc(Cl)cc3c2=O)cccc1[N+](=O)[O-]. The van der Waals surface area contributed by atoms with Crippen LogP contribution < -0.4 is 5.56 Å². The van der Waals surface area contributed by atoms with Crippen LogP contribution in [0.3, 0.4) is 0 Å². The number of aromatic nitrogens is 2. The highest BCUT2D eigenvalue weighted by molar-refractivity contribution is 6.38. The van der Waals surface area contributed by atoms with E-state index in [2.05, 4.69) is 4.98 Å². The molecule has 8 heteroatoms. The molecule has 6 nitrogen and oxygen atoms in total. The summed E-state index contributed by atoms with van der Waals surface area (Å²) in [6.45, 7) is 1.82. The highest BCUT2D eigenvalue weighted by Crippen LogP contribution is 2.25. The summed E-state index contributed by atoms with van der Waals surface area (Å²) in [4.78, 5) is 27.4. The van der Waals surface area contributed by atoms with Gasteiger partial charge in [0.1, 0.15) is 0 Å². The molecular formula is C16H11Cl2N3O3. The minimum atomic E-state index is -0.445. The van der Waals surface area contributed by atoms with Crippen molar-refractivity contribution in [2.45, 2.75) is 13.5 Å². The van der Waals surface area contributed by atoms with Crippen molar-refractivity contribution >= 4 is 39.8 Å². The molecule has 122 valence electrons. The Morgan fingerprint density at radius 2 is 2.04 bits per heavy atom. The maximum Gasteiger partial charge on any atom is 0.272 e. The molecule has 0 radical (unpaired) electrons. The van der Waals surface area contributed by atoms with E-state index in [1.54, 1.807) is 19.1 Å². The van der Waals surface area contributed by atoms with Gasteiger partial charge in [0.2, 0.25) is 0 Å². The first-order valence-corrected chi connectivity index (χ1v) is 7.71. The fourth-order valence-corrected chi connectivity index (χ4v) is 3.07. The van der Waals surface area contributed by atoms with Gasteiger partial charge in [0, 0.05) is 16.7 Å². The molecule has 0 bridgehead atoms. The average molecular weight is 364 g/mol. The van der Waals surface area contributed by atoms with Crippen LogP contribution in [0.25, 0.3) is 10.9 Å². The first kappa shape index (κ1) is 16.4. The second-order valence-corrected chi connectivity index (χ2v) is 6.12. The minimum Gasteiger partial charge on any atom is -0.294 e. The summed E-state index contributed by atoms with van der Waals surface area (Å²) in [6, 6.07) is 7.79. The van der Waals surface area contributed by atoms with Gasteiger partial charge in [0.15, 0.2) is 0 Å². The smallest absolute Gasteiger partial charge is 0.272 e. The normalized spacial score (nSPS) is 11.0. The van der Waals surface area contributed by atoms with E-state index < -0.39 is 4.92 Å². The van der Waals surface area contributed by atoms with Gasteiger partial charge in [-0.15, -0.1) is 0 Å². The third kappa shape index (κ3) is 2.86. The zero-order chi connectivity index (χ0) is 17.4. The van der Waals surface area contributed by atoms with Gasteiger partial charge in [-0.3, -0.25) is 19.5 Å². The Morgan fingerprint density at radius 3 is 2.75 bits per heavy atom. The molecule has 3 aromatic rings. The largest absolute Gasteiger partial charge is 0.294 e. The Labute approximate surface area is 146 Å². The number of nitrogens with zero attached hydrogens (tertiary/aromatic N) is 3. The average Bonchev–Trinajstić information content (AvgIpc) is 2.52. The van der Waals surface area contributed by atoms with Crippen LogP contribution in [0.5, 0.6) is 0 Å². The van der Waals surface area contributed by atoms with Gasteiger partial charge in [-0.1, -0.05) is 35.3 Å². The highest BCUT2D eigenvalue weighted by Gasteiger charge is 2.15. The van der Waals surface area contributed by atoms with Crippen molar-refractivity contribution in [3.63, 3.8) is 0 Å². The second kappa shape index (κ2) is 6.22. The number of nitro benzene ring substituents is 1. The van der Waals surface area contributed by atoms with Crippen molar-refractivity contribution in [1.82, 2.24) is 9.55 Å². The van der Waals surface area contributed by atoms with Crippen LogP contribution in [-0.2, 0) is 6.54 Å². The lowest BCUT2D eigenvalue weighted by molar-refractivity contribution is -0.385. The first-order valence-electron chi connectivity index (χ1n) is 6.95. The van der Waals surface area contributed by atoms with E-state index in [4.69, 9.17) is 23.2 Å². The van der Waals surface area contributed by atoms with Crippen molar-refractivity contribution in [2.24, 2.45) is 0 Å². The highest BCUT2D eigenvalue weighted by atomic mass is 35.5. The van der Waals surface area contributed by atoms with Crippen LogP contribution in [0.1, 0.15) is 11.1 Å². The molecule has 0 fully saturated rings. The van der Waals surface area contributed by atoms with Gasteiger partial charge in [-0.25, -0.2) is 4.98 Å². The Kier molecular flexibility index (Phi) is 4.26. The van der Waals surface area contributed by atoms with Gasteiger partial charge in [-0.2, -0.15) is 0 Å². The summed E-state index contributed by atoms with van der Waals surface area (Å²) in [5.41, 5.74) is 1.26. The molecule has 1 heterocycles. The van der Waals surface area contributed by atoms with E-state index in [-0.39, 0.29) is 17.8 Å². The van der Waals surface area contributed by atoms with Crippen molar-refractivity contribution in [2.75, 3.05) is 0 Å². The molecule has 0 aliphatic carbocycles. The standard InChI is InChI=1S/C16H11Cl2N3O3/c1-9-10(3-2-4-14(9)21(23)24)7-20-8-19-15-12(16(20)22)5-11(17)6-13(15)18/h2-6,8H,7H2,1H3. The van der Waals surface area contributed by atoms with Crippen LogP contribution in [0.2, 0.25) is 10.0 Å². The molecule has 0 amide bonds. The molecule has 3 rings (SSSR count). The third-order valence-electron chi connectivity index (χ3n) is 3.80. The molecule has 1 aromatic heterocycles. The molecule has 0 aliphatic heterocycles. The van der Waals surface area contributed by atoms with Crippen molar-refractivity contribution in [3.05, 3.63) is 78.3 Å². The molecule has 2 aromatic carbocycles. The molecular weight excluding hydrogens is 353 g/mol. The van der Waals surface area contributed by atoms with Crippen molar-refractivity contribution in [1.29, 1.82) is 0 Å². The van der Waals surface area contributed by atoms with Gasteiger partial charge in [0.25, 0.3) is 11.2 Å². The lowest BCUT2D eigenvalue weighted by Gasteiger charge is -2.10. The van der Waals surface area contributed by atoms with E-state index in [1.807, 2.05) is 0 Å².